The number of halogens is 1. The predicted molar refractivity (Wildman–Crippen MR) is 65.2 cm³/mol. The summed E-state index contributed by atoms with van der Waals surface area (Å²) in [5.74, 6) is 1.08. The molecule has 0 aromatic carbocycles. The van der Waals surface area contributed by atoms with Gasteiger partial charge in [-0.25, -0.2) is 4.98 Å². The molecule has 0 saturated carbocycles. The van der Waals surface area contributed by atoms with Crippen LogP contribution in [0.25, 0.3) is 16.2 Å². The number of aromatic nitrogens is 2. The second kappa shape index (κ2) is 3.50. The molecule has 0 aliphatic rings. The second-order valence-corrected chi connectivity index (χ2v) is 5.08. The van der Waals surface area contributed by atoms with E-state index in [4.69, 9.17) is 11.6 Å². The highest BCUT2D eigenvalue weighted by molar-refractivity contribution is 7.19. The van der Waals surface area contributed by atoms with Crippen molar-refractivity contribution >= 4 is 28.5 Å². The Labute approximate surface area is 101 Å². The summed E-state index contributed by atoms with van der Waals surface area (Å²) in [6.07, 6.45) is 3.52. The van der Waals surface area contributed by atoms with Crippen molar-refractivity contribution in [2.24, 2.45) is 0 Å². The molecule has 16 heavy (non-hydrogen) atoms. The van der Waals surface area contributed by atoms with Crippen molar-refractivity contribution in [1.29, 1.82) is 0 Å². The molecule has 80 valence electrons. The van der Waals surface area contributed by atoms with Gasteiger partial charge in [-0.15, -0.1) is 11.3 Å². The van der Waals surface area contributed by atoms with Gasteiger partial charge in [0.1, 0.15) is 5.75 Å². The zero-order valence-electron chi connectivity index (χ0n) is 8.09. The highest BCUT2D eigenvalue weighted by Crippen LogP contribution is 2.30. The van der Waals surface area contributed by atoms with E-state index in [9.17, 15) is 5.11 Å². The zero-order valence-corrected chi connectivity index (χ0v) is 9.66. The maximum Gasteiger partial charge on any atom is 0.154 e. The summed E-state index contributed by atoms with van der Waals surface area (Å²) in [6.45, 7) is 0. The smallest absolute Gasteiger partial charge is 0.154 e. The average molecular weight is 251 g/mol. The highest BCUT2D eigenvalue weighted by atomic mass is 35.5. The van der Waals surface area contributed by atoms with Gasteiger partial charge in [0.15, 0.2) is 5.82 Å². The third kappa shape index (κ3) is 1.47. The number of hydrogen-bond acceptors (Lipinski definition) is 3. The first-order valence-electron chi connectivity index (χ1n) is 4.66. The van der Waals surface area contributed by atoms with Crippen LogP contribution in [0.2, 0.25) is 4.34 Å². The fraction of sp³-hybridized carbons (Fsp3) is 0. The van der Waals surface area contributed by atoms with E-state index in [-0.39, 0.29) is 5.75 Å². The molecule has 0 bridgehead atoms. The summed E-state index contributed by atoms with van der Waals surface area (Å²) in [5, 5.41) is 9.35. The van der Waals surface area contributed by atoms with Crippen LogP contribution in [0.4, 0.5) is 0 Å². The molecule has 3 rings (SSSR count). The van der Waals surface area contributed by atoms with Crippen LogP contribution in [0.3, 0.4) is 0 Å². The molecule has 3 nitrogen and oxygen atoms in total. The van der Waals surface area contributed by atoms with Gasteiger partial charge in [0, 0.05) is 12.3 Å². The topological polar surface area (TPSA) is 37.5 Å². The Balaban J connectivity index is 2.25. The molecule has 0 aliphatic carbocycles. The van der Waals surface area contributed by atoms with Crippen LogP contribution in [0.5, 0.6) is 5.75 Å². The minimum Gasteiger partial charge on any atom is -0.508 e. The van der Waals surface area contributed by atoms with Gasteiger partial charge in [0.05, 0.1) is 20.9 Å². The number of nitrogens with zero attached hydrogens (tertiary/aromatic N) is 2. The van der Waals surface area contributed by atoms with Crippen LogP contribution in [0.15, 0.2) is 36.7 Å². The fourth-order valence-corrected chi connectivity index (χ4v) is 2.64. The van der Waals surface area contributed by atoms with E-state index in [0.717, 1.165) is 20.6 Å². The summed E-state index contributed by atoms with van der Waals surface area (Å²) in [7, 11) is 0. The minimum atomic E-state index is 0.239. The Bertz CT molecular complexity index is 659. The molecule has 0 radical (unpaired) electrons. The van der Waals surface area contributed by atoms with E-state index in [0.29, 0.717) is 0 Å². The first-order valence-corrected chi connectivity index (χ1v) is 5.85. The van der Waals surface area contributed by atoms with Crippen molar-refractivity contribution in [1.82, 2.24) is 9.38 Å². The van der Waals surface area contributed by atoms with Gasteiger partial charge in [0.2, 0.25) is 0 Å². The lowest BCUT2D eigenvalue weighted by atomic mass is 10.4. The third-order valence-corrected chi connectivity index (χ3v) is 3.54. The number of imidazole rings is 1. The molecule has 0 amide bonds. The number of fused-ring (bicyclic) bond motifs is 1. The SMILES string of the molecule is Oc1ccn2c(-c3ccc(Cl)s3)ncc2c1. The van der Waals surface area contributed by atoms with E-state index >= 15 is 0 Å². The molecule has 0 saturated heterocycles. The van der Waals surface area contributed by atoms with Gasteiger partial charge < -0.3 is 5.11 Å². The highest BCUT2D eigenvalue weighted by Gasteiger charge is 2.08. The van der Waals surface area contributed by atoms with Crippen LogP contribution in [-0.2, 0) is 0 Å². The number of thiophene rings is 1. The summed E-state index contributed by atoms with van der Waals surface area (Å²) in [6, 6.07) is 7.09. The lowest BCUT2D eigenvalue weighted by molar-refractivity contribution is 0.475. The van der Waals surface area contributed by atoms with Gasteiger partial charge >= 0.3 is 0 Å². The Morgan fingerprint density at radius 2 is 2.19 bits per heavy atom. The third-order valence-electron chi connectivity index (χ3n) is 2.31. The molecule has 3 aromatic heterocycles. The first kappa shape index (κ1) is 9.69. The van der Waals surface area contributed by atoms with E-state index in [2.05, 4.69) is 4.98 Å². The van der Waals surface area contributed by atoms with Crippen LogP contribution < -0.4 is 0 Å². The maximum atomic E-state index is 9.35. The molecule has 0 spiro atoms. The Kier molecular flexibility index (Phi) is 2.12. The number of rotatable bonds is 1. The summed E-state index contributed by atoms with van der Waals surface area (Å²) in [4.78, 5) is 5.33. The van der Waals surface area contributed by atoms with Gasteiger partial charge in [-0.1, -0.05) is 11.6 Å². The fourth-order valence-electron chi connectivity index (χ4n) is 1.60. The van der Waals surface area contributed by atoms with Crippen LogP contribution in [0, 0.1) is 0 Å². The minimum absolute atomic E-state index is 0.239. The van der Waals surface area contributed by atoms with Gasteiger partial charge in [-0.05, 0) is 18.2 Å². The maximum absolute atomic E-state index is 9.35. The molecule has 0 fully saturated rings. The molecule has 0 aliphatic heterocycles. The van der Waals surface area contributed by atoms with E-state index < -0.39 is 0 Å². The van der Waals surface area contributed by atoms with Gasteiger partial charge in [-0.3, -0.25) is 4.40 Å². The molecule has 3 heterocycles. The van der Waals surface area contributed by atoms with Crippen molar-refractivity contribution in [2.45, 2.75) is 0 Å². The van der Waals surface area contributed by atoms with Gasteiger partial charge in [0.25, 0.3) is 0 Å². The molecule has 5 heteroatoms. The molecule has 3 aromatic rings. The number of hydrogen-bond donors (Lipinski definition) is 1. The quantitative estimate of drug-likeness (QED) is 0.719. The molecular formula is C11H7ClN2OS. The van der Waals surface area contributed by atoms with Crippen molar-refractivity contribution in [3.05, 3.63) is 41.0 Å². The average Bonchev–Trinajstić information content (AvgIpc) is 2.83. The standard InChI is InChI=1S/C11H7ClN2OS/c12-10-2-1-9(16-10)11-13-6-7-5-8(15)3-4-14(7)11/h1-6,15H. The van der Waals surface area contributed by atoms with E-state index in [1.54, 1.807) is 24.5 Å². The van der Waals surface area contributed by atoms with E-state index in [1.807, 2.05) is 16.5 Å². The molecular weight excluding hydrogens is 244 g/mol. The summed E-state index contributed by atoms with van der Waals surface area (Å²) in [5.41, 5.74) is 0.861. The van der Waals surface area contributed by atoms with E-state index in [1.165, 1.54) is 11.3 Å². The zero-order chi connectivity index (χ0) is 11.1. The monoisotopic (exact) mass is 250 g/mol. The Morgan fingerprint density at radius 1 is 1.31 bits per heavy atom. The van der Waals surface area contributed by atoms with Crippen LogP contribution in [0.1, 0.15) is 0 Å². The molecule has 1 N–H and O–H groups in total. The van der Waals surface area contributed by atoms with Crippen LogP contribution >= 0.6 is 22.9 Å². The Morgan fingerprint density at radius 3 is 2.94 bits per heavy atom. The van der Waals surface area contributed by atoms with Crippen molar-refractivity contribution in [2.75, 3.05) is 0 Å². The Hall–Kier alpha value is -1.52. The van der Waals surface area contributed by atoms with Crippen molar-refractivity contribution < 1.29 is 5.11 Å². The largest absolute Gasteiger partial charge is 0.508 e. The second-order valence-electron chi connectivity index (χ2n) is 3.37. The van der Waals surface area contributed by atoms with Crippen molar-refractivity contribution in [3.63, 3.8) is 0 Å². The first-order chi connectivity index (χ1) is 7.74. The number of aromatic hydroxyl groups is 1. The van der Waals surface area contributed by atoms with Gasteiger partial charge in [-0.2, -0.15) is 0 Å². The molecule has 0 unspecified atom stereocenters. The predicted octanol–water partition coefficient (Wildman–Crippen LogP) is 3.42. The summed E-state index contributed by atoms with van der Waals surface area (Å²) >= 11 is 7.38. The summed E-state index contributed by atoms with van der Waals surface area (Å²) < 4.78 is 2.66. The lowest BCUT2D eigenvalue weighted by Crippen LogP contribution is -1.85. The van der Waals surface area contributed by atoms with Crippen LogP contribution in [-0.4, -0.2) is 14.5 Å². The lowest BCUT2D eigenvalue weighted by Gasteiger charge is -1.98. The number of pyridine rings is 1. The normalized spacial score (nSPS) is 11.1. The van der Waals surface area contributed by atoms with Crippen molar-refractivity contribution in [3.8, 4) is 16.5 Å². The molecule has 0 atom stereocenters.